The van der Waals surface area contributed by atoms with Gasteiger partial charge in [0.05, 0.1) is 0 Å². The number of imidazole rings is 1. The zero-order chi connectivity index (χ0) is 12.6. The SMILES string of the molecule is C=CCNCc1cccc(CSc2ncc[nH]2)c1. The fourth-order valence-electron chi connectivity index (χ4n) is 1.63. The Kier molecular flexibility index (Phi) is 5.05. The molecule has 0 amide bonds. The lowest BCUT2D eigenvalue weighted by atomic mass is 10.1. The van der Waals surface area contributed by atoms with Gasteiger partial charge in [-0.05, 0) is 11.1 Å². The van der Waals surface area contributed by atoms with Crippen LogP contribution in [0.25, 0.3) is 0 Å². The summed E-state index contributed by atoms with van der Waals surface area (Å²) in [4.78, 5) is 7.29. The Morgan fingerprint density at radius 3 is 3.06 bits per heavy atom. The number of rotatable bonds is 7. The van der Waals surface area contributed by atoms with Gasteiger partial charge in [-0.2, -0.15) is 0 Å². The van der Waals surface area contributed by atoms with E-state index < -0.39 is 0 Å². The van der Waals surface area contributed by atoms with Gasteiger partial charge in [0.1, 0.15) is 0 Å². The lowest BCUT2D eigenvalue weighted by Gasteiger charge is -2.05. The van der Waals surface area contributed by atoms with E-state index in [0.29, 0.717) is 0 Å². The monoisotopic (exact) mass is 259 g/mol. The summed E-state index contributed by atoms with van der Waals surface area (Å²) in [7, 11) is 0. The third-order valence-corrected chi connectivity index (χ3v) is 3.43. The number of H-pyrrole nitrogens is 1. The van der Waals surface area contributed by atoms with Crippen LogP contribution in [0.15, 0.2) is 54.5 Å². The molecule has 3 nitrogen and oxygen atoms in total. The highest BCUT2D eigenvalue weighted by Crippen LogP contribution is 2.19. The predicted molar refractivity (Wildman–Crippen MR) is 76.5 cm³/mol. The van der Waals surface area contributed by atoms with Crippen molar-refractivity contribution in [1.29, 1.82) is 0 Å². The molecule has 0 atom stereocenters. The quantitative estimate of drug-likeness (QED) is 0.456. The number of aromatic amines is 1. The first-order valence-corrected chi connectivity index (χ1v) is 6.88. The first-order chi connectivity index (χ1) is 8.88. The van der Waals surface area contributed by atoms with E-state index in [0.717, 1.165) is 24.0 Å². The van der Waals surface area contributed by atoms with Crippen LogP contribution in [0.2, 0.25) is 0 Å². The average molecular weight is 259 g/mol. The fraction of sp³-hybridized carbons (Fsp3) is 0.214. The highest BCUT2D eigenvalue weighted by Gasteiger charge is 1.99. The van der Waals surface area contributed by atoms with Crippen LogP contribution in [-0.4, -0.2) is 16.5 Å². The van der Waals surface area contributed by atoms with E-state index >= 15 is 0 Å². The summed E-state index contributed by atoms with van der Waals surface area (Å²) in [5.74, 6) is 0.933. The van der Waals surface area contributed by atoms with Crippen LogP contribution in [0.1, 0.15) is 11.1 Å². The topological polar surface area (TPSA) is 40.7 Å². The van der Waals surface area contributed by atoms with Crippen molar-refractivity contribution in [1.82, 2.24) is 15.3 Å². The molecule has 0 unspecified atom stereocenters. The second kappa shape index (κ2) is 7.03. The molecule has 0 bridgehead atoms. The molecule has 0 aliphatic carbocycles. The zero-order valence-corrected chi connectivity index (χ0v) is 11.0. The summed E-state index contributed by atoms with van der Waals surface area (Å²) >= 11 is 1.71. The molecule has 94 valence electrons. The molecule has 0 fully saturated rings. The van der Waals surface area contributed by atoms with Crippen LogP contribution in [-0.2, 0) is 12.3 Å². The molecule has 1 aromatic carbocycles. The number of nitrogens with zero attached hydrogens (tertiary/aromatic N) is 1. The van der Waals surface area contributed by atoms with E-state index in [9.17, 15) is 0 Å². The van der Waals surface area contributed by atoms with Gasteiger partial charge in [0, 0.05) is 31.2 Å². The van der Waals surface area contributed by atoms with Crippen molar-refractivity contribution in [2.75, 3.05) is 6.54 Å². The Labute approximate surface area is 112 Å². The Balaban J connectivity index is 1.88. The van der Waals surface area contributed by atoms with Crippen molar-refractivity contribution in [3.63, 3.8) is 0 Å². The molecular weight excluding hydrogens is 242 g/mol. The van der Waals surface area contributed by atoms with Crippen LogP contribution >= 0.6 is 11.8 Å². The van der Waals surface area contributed by atoms with E-state index in [1.165, 1.54) is 11.1 Å². The molecule has 1 heterocycles. The van der Waals surface area contributed by atoms with E-state index in [4.69, 9.17) is 0 Å². The van der Waals surface area contributed by atoms with Crippen molar-refractivity contribution in [3.8, 4) is 0 Å². The van der Waals surface area contributed by atoms with E-state index in [-0.39, 0.29) is 0 Å². The summed E-state index contributed by atoms with van der Waals surface area (Å²) in [6.45, 7) is 5.41. The first kappa shape index (κ1) is 12.9. The normalized spacial score (nSPS) is 10.4. The van der Waals surface area contributed by atoms with Crippen LogP contribution in [0, 0.1) is 0 Å². The third kappa shape index (κ3) is 4.05. The van der Waals surface area contributed by atoms with Crippen molar-refractivity contribution in [2.24, 2.45) is 0 Å². The molecule has 18 heavy (non-hydrogen) atoms. The van der Waals surface area contributed by atoms with Crippen LogP contribution in [0.3, 0.4) is 0 Å². The molecule has 1 aromatic heterocycles. The highest BCUT2D eigenvalue weighted by atomic mass is 32.2. The second-order valence-corrected chi connectivity index (χ2v) is 4.89. The summed E-state index contributed by atoms with van der Waals surface area (Å²) in [5, 5.41) is 4.27. The van der Waals surface area contributed by atoms with Gasteiger partial charge < -0.3 is 10.3 Å². The summed E-state index contributed by atoms with van der Waals surface area (Å²) in [5.41, 5.74) is 2.61. The fourth-order valence-corrected chi connectivity index (χ4v) is 2.40. The summed E-state index contributed by atoms with van der Waals surface area (Å²) < 4.78 is 0. The standard InChI is InChI=1S/C14H17N3S/c1-2-6-15-10-12-4-3-5-13(9-12)11-18-14-16-7-8-17-14/h2-5,7-9,15H,1,6,10-11H2,(H,16,17). The minimum absolute atomic E-state index is 0.839. The maximum Gasteiger partial charge on any atom is 0.165 e. The van der Waals surface area contributed by atoms with Gasteiger partial charge in [-0.1, -0.05) is 42.1 Å². The van der Waals surface area contributed by atoms with Crippen molar-refractivity contribution < 1.29 is 0 Å². The van der Waals surface area contributed by atoms with Crippen molar-refractivity contribution >= 4 is 11.8 Å². The molecule has 0 spiro atoms. The molecule has 2 aromatic rings. The molecule has 0 aliphatic heterocycles. The van der Waals surface area contributed by atoms with Gasteiger partial charge >= 0.3 is 0 Å². The van der Waals surface area contributed by atoms with E-state index in [2.05, 4.69) is 46.1 Å². The number of benzene rings is 1. The van der Waals surface area contributed by atoms with E-state index in [1.54, 1.807) is 18.0 Å². The Bertz CT molecular complexity index is 480. The molecule has 0 radical (unpaired) electrons. The molecule has 4 heteroatoms. The minimum Gasteiger partial charge on any atom is -0.340 e. The smallest absolute Gasteiger partial charge is 0.165 e. The van der Waals surface area contributed by atoms with Gasteiger partial charge in [-0.25, -0.2) is 4.98 Å². The highest BCUT2D eigenvalue weighted by molar-refractivity contribution is 7.98. The number of nitrogens with one attached hydrogen (secondary N) is 2. The Morgan fingerprint density at radius 1 is 1.39 bits per heavy atom. The molecular formula is C14H17N3S. The lowest BCUT2D eigenvalue weighted by molar-refractivity contribution is 0.760. The first-order valence-electron chi connectivity index (χ1n) is 5.90. The largest absolute Gasteiger partial charge is 0.340 e. The number of hydrogen-bond donors (Lipinski definition) is 2. The summed E-state index contributed by atoms with van der Waals surface area (Å²) in [6, 6.07) is 8.61. The molecule has 0 saturated heterocycles. The maximum atomic E-state index is 4.20. The van der Waals surface area contributed by atoms with Gasteiger partial charge in [0.25, 0.3) is 0 Å². The van der Waals surface area contributed by atoms with Crippen LogP contribution < -0.4 is 5.32 Å². The summed E-state index contributed by atoms with van der Waals surface area (Å²) in [6.07, 6.45) is 5.49. The molecule has 2 N–H and O–H groups in total. The maximum absolute atomic E-state index is 4.20. The predicted octanol–water partition coefficient (Wildman–Crippen LogP) is 2.98. The second-order valence-electron chi connectivity index (χ2n) is 3.92. The van der Waals surface area contributed by atoms with Crippen molar-refractivity contribution in [3.05, 3.63) is 60.4 Å². The van der Waals surface area contributed by atoms with E-state index in [1.807, 2.05) is 12.3 Å². The minimum atomic E-state index is 0.839. The number of aromatic nitrogens is 2. The van der Waals surface area contributed by atoms with Crippen LogP contribution in [0.5, 0.6) is 0 Å². The molecule has 2 rings (SSSR count). The average Bonchev–Trinajstić information content (AvgIpc) is 2.90. The number of hydrogen-bond acceptors (Lipinski definition) is 3. The molecule has 0 aliphatic rings. The van der Waals surface area contributed by atoms with Gasteiger partial charge in [0.2, 0.25) is 0 Å². The van der Waals surface area contributed by atoms with Crippen molar-refractivity contribution in [2.45, 2.75) is 17.5 Å². The number of thioether (sulfide) groups is 1. The Hall–Kier alpha value is -1.52. The lowest BCUT2D eigenvalue weighted by Crippen LogP contribution is -2.12. The van der Waals surface area contributed by atoms with Gasteiger partial charge in [-0.15, -0.1) is 6.58 Å². The van der Waals surface area contributed by atoms with Crippen LogP contribution in [0.4, 0.5) is 0 Å². The van der Waals surface area contributed by atoms with Gasteiger partial charge in [0.15, 0.2) is 5.16 Å². The van der Waals surface area contributed by atoms with Gasteiger partial charge in [-0.3, -0.25) is 0 Å². The third-order valence-electron chi connectivity index (χ3n) is 2.46. The molecule has 0 saturated carbocycles. The zero-order valence-electron chi connectivity index (χ0n) is 10.2. The Morgan fingerprint density at radius 2 is 2.28 bits per heavy atom.